The van der Waals surface area contributed by atoms with Crippen LogP contribution in [0.15, 0.2) is 48.8 Å². The minimum absolute atomic E-state index is 0.0564. The number of rotatable bonds is 2. The van der Waals surface area contributed by atoms with Crippen LogP contribution in [-0.4, -0.2) is 50.4 Å². The molecule has 2 aromatic heterocycles. The first kappa shape index (κ1) is 18.8. The van der Waals surface area contributed by atoms with Gasteiger partial charge >= 0.3 is 0 Å². The van der Waals surface area contributed by atoms with Crippen molar-refractivity contribution in [2.75, 3.05) is 19.7 Å². The Balaban J connectivity index is 1.40. The molecule has 0 saturated carbocycles. The molecule has 1 saturated heterocycles. The predicted molar refractivity (Wildman–Crippen MR) is 111 cm³/mol. The molecule has 0 unspecified atom stereocenters. The molecule has 3 aromatic rings. The first-order valence-electron chi connectivity index (χ1n) is 10.3. The molecule has 1 fully saturated rings. The molecule has 1 spiro atoms. The van der Waals surface area contributed by atoms with Crippen LogP contribution in [-0.2, 0) is 16.8 Å². The van der Waals surface area contributed by atoms with Gasteiger partial charge in [-0.1, -0.05) is 30.3 Å². The molecule has 0 N–H and O–H groups in total. The van der Waals surface area contributed by atoms with Gasteiger partial charge in [0.2, 0.25) is 0 Å². The van der Waals surface area contributed by atoms with Crippen molar-refractivity contribution in [2.24, 2.45) is 0 Å². The highest BCUT2D eigenvalue weighted by atomic mass is 16.5. The van der Waals surface area contributed by atoms with Crippen molar-refractivity contribution in [2.45, 2.75) is 31.8 Å². The lowest BCUT2D eigenvalue weighted by Crippen LogP contribution is -2.49. The molecule has 1 aromatic carbocycles. The minimum Gasteiger partial charge on any atom is -0.368 e. The number of carbonyl (C=O) groups excluding carboxylic acids is 1. The standard InChI is InChI=1S/C23H23N5O2/c1-16-24-11-7-19(26-16)22(29)28-12-9-23(10-13-28)20-18(8-14-30-23)15-25-21(27-20)17-5-3-2-4-6-17/h2-7,11,15H,8-10,12-14H2,1H3. The molecular formula is C23H23N5O2. The number of likely N-dealkylation sites (tertiary alicyclic amines) is 1. The zero-order valence-electron chi connectivity index (χ0n) is 16.9. The molecule has 2 aliphatic heterocycles. The van der Waals surface area contributed by atoms with Crippen molar-refractivity contribution in [3.8, 4) is 11.4 Å². The number of aromatic nitrogens is 4. The number of benzene rings is 1. The van der Waals surface area contributed by atoms with Gasteiger partial charge in [-0.05, 0) is 37.8 Å². The SMILES string of the molecule is Cc1nccc(C(=O)N2CCC3(CC2)OCCc2cnc(-c4ccccc4)nc23)n1. The summed E-state index contributed by atoms with van der Waals surface area (Å²) in [6.07, 6.45) is 5.80. The maximum Gasteiger partial charge on any atom is 0.272 e. The van der Waals surface area contributed by atoms with Gasteiger partial charge in [-0.2, -0.15) is 0 Å². The van der Waals surface area contributed by atoms with Crippen molar-refractivity contribution in [1.29, 1.82) is 0 Å². The smallest absolute Gasteiger partial charge is 0.272 e. The van der Waals surface area contributed by atoms with Crippen LogP contribution in [0.1, 0.15) is 40.4 Å². The summed E-state index contributed by atoms with van der Waals surface area (Å²) in [4.78, 5) is 32.6. The van der Waals surface area contributed by atoms with E-state index in [4.69, 9.17) is 9.72 Å². The van der Waals surface area contributed by atoms with E-state index in [1.165, 1.54) is 0 Å². The molecule has 4 heterocycles. The van der Waals surface area contributed by atoms with Crippen LogP contribution in [0.25, 0.3) is 11.4 Å². The summed E-state index contributed by atoms with van der Waals surface area (Å²) in [6.45, 7) is 3.65. The number of nitrogens with zero attached hydrogens (tertiary/aromatic N) is 5. The molecule has 0 bridgehead atoms. The first-order valence-corrected chi connectivity index (χ1v) is 10.3. The van der Waals surface area contributed by atoms with Gasteiger partial charge in [-0.15, -0.1) is 0 Å². The largest absolute Gasteiger partial charge is 0.368 e. The second kappa shape index (κ2) is 7.57. The highest BCUT2D eigenvalue weighted by Crippen LogP contribution is 2.41. The summed E-state index contributed by atoms with van der Waals surface area (Å²) in [6, 6.07) is 11.7. The van der Waals surface area contributed by atoms with Crippen molar-refractivity contribution >= 4 is 5.91 Å². The van der Waals surface area contributed by atoms with E-state index in [0.29, 0.717) is 49.9 Å². The van der Waals surface area contributed by atoms with Gasteiger partial charge in [-0.25, -0.2) is 19.9 Å². The second-order valence-electron chi connectivity index (χ2n) is 7.81. The Morgan fingerprint density at radius 1 is 1.07 bits per heavy atom. The van der Waals surface area contributed by atoms with Gasteiger partial charge in [0.25, 0.3) is 5.91 Å². The van der Waals surface area contributed by atoms with Crippen molar-refractivity contribution in [3.05, 3.63) is 71.6 Å². The maximum absolute atomic E-state index is 12.9. The third-order valence-corrected chi connectivity index (χ3v) is 5.93. The van der Waals surface area contributed by atoms with E-state index in [2.05, 4.69) is 15.0 Å². The fourth-order valence-electron chi connectivity index (χ4n) is 4.32. The third kappa shape index (κ3) is 3.35. The van der Waals surface area contributed by atoms with Gasteiger partial charge < -0.3 is 9.64 Å². The average molecular weight is 401 g/mol. The molecule has 5 rings (SSSR count). The van der Waals surface area contributed by atoms with Crippen LogP contribution in [0.2, 0.25) is 0 Å². The Labute approximate surface area is 175 Å². The van der Waals surface area contributed by atoms with Crippen LogP contribution < -0.4 is 0 Å². The second-order valence-corrected chi connectivity index (χ2v) is 7.81. The van der Waals surface area contributed by atoms with Crippen LogP contribution in [0, 0.1) is 6.92 Å². The third-order valence-electron chi connectivity index (χ3n) is 5.93. The predicted octanol–water partition coefficient (Wildman–Crippen LogP) is 2.95. The number of fused-ring (bicyclic) bond motifs is 2. The fraction of sp³-hybridized carbons (Fsp3) is 0.348. The Morgan fingerprint density at radius 2 is 1.87 bits per heavy atom. The van der Waals surface area contributed by atoms with E-state index in [-0.39, 0.29) is 5.91 Å². The summed E-state index contributed by atoms with van der Waals surface area (Å²) < 4.78 is 6.32. The van der Waals surface area contributed by atoms with Crippen LogP contribution in [0.5, 0.6) is 0 Å². The van der Waals surface area contributed by atoms with E-state index < -0.39 is 5.60 Å². The minimum atomic E-state index is -0.460. The maximum atomic E-state index is 12.9. The lowest BCUT2D eigenvalue weighted by atomic mass is 9.83. The van der Waals surface area contributed by atoms with E-state index >= 15 is 0 Å². The van der Waals surface area contributed by atoms with E-state index in [9.17, 15) is 4.79 Å². The quantitative estimate of drug-likeness (QED) is 0.657. The van der Waals surface area contributed by atoms with E-state index in [1.54, 1.807) is 19.2 Å². The molecule has 7 heteroatoms. The number of ether oxygens (including phenoxy) is 1. The number of hydrogen-bond donors (Lipinski definition) is 0. The van der Waals surface area contributed by atoms with Crippen molar-refractivity contribution in [1.82, 2.24) is 24.8 Å². The molecule has 0 atom stereocenters. The van der Waals surface area contributed by atoms with Gasteiger partial charge in [0.05, 0.1) is 12.3 Å². The Hall–Kier alpha value is -3.19. The normalized spacial score (nSPS) is 17.6. The Kier molecular flexibility index (Phi) is 4.75. The monoisotopic (exact) mass is 401 g/mol. The summed E-state index contributed by atoms with van der Waals surface area (Å²) >= 11 is 0. The molecule has 152 valence electrons. The highest BCUT2D eigenvalue weighted by molar-refractivity contribution is 5.92. The molecule has 2 aliphatic rings. The van der Waals surface area contributed by atoms with E-state index in [0.717, 1.165) is 23.2 Å². The number of amides is 1. The summed E-state index contributed by atoms with van der Waals surface area (Å²) in [5.41, 5.74) is 3.10. The van der Waals surface area contributed by atoms with Crippen LogP contribution >= 0.6 is 0 Å². The molecule has 0 aliphatic carbocycles. The Bertz CT molecular complexity index is 1080. The van der Waals surface area contributed by atoms with Gasteiger partial charge in [0.15, 0.2) is 5.82 Å². The molecule has 1 amide bonds. The van der Waals surface area contributed by atoms with E-state index in [1.807, 2.05) is 41.4 Å². The number of hydrogen-bond acceptors (Lipinski definition) is 6. The molecule has 7 nitrogen and oxygen atoms in total. The summed E-state index contributed by atoms with van der Waals surface area (Å²) in [5, 5.41) is 0. The Morgan fingerprint density at radius 3 is 2.63 bits per heavy atom. The summed E-state index contributed by atoms with van der Waals surface area (Å²) in [7, 11) is 0. The number of piperidine rings is 1. The number of aryl methyl sites for hydroxylation is 1. The lowest BCUT2D eigenvalue weighted by molar-refractivity contribution is -0.0967. The zero-order chi connectivity index (χ0) is 20.6. The average Bonchev–Trinajstić information content (AvgIpc) is 2.80. The lowest BCUT2D eigenvalue weighted by Gasteiger charge is -2.44. The molecular weight excluding hydrogens is 378 g/mol. The van der Waals surface area contributed by atoms with Gasteiger partial charge in [0.1, 0.15) is 17.1 Å². The topological polar surface area (TPSA) is 81.1 Å². The van der Waals surface area contributed by atoms with Crippen molar-refractivity contribution in [3.63, 3.8) is 0 Å². The molecule has 30 heavy (non-hydrogen) atoms. The highest BCUT2D eigenvalue weighted by Gasteiger charge is 2.43. The van der Waals surface area contributed by atoms with Gasteiger partial charge in [-0.3, -0.25) is 4.79 Å². The molecule has 0 radical (unpaired) electrons. The van der Waals surface area contributed by atoms with Gasteiger partial charge in [0, 0.05) is 31.0 Å². The summed E-state index contributed by atoms with van der Waals surface area (Å²) in [5.74, 6) is 1.26. The van der Waals surface area contributed by atoms with Crippen LogP contribution in [0.3, 0.4) is 0 Å². The van der Waals surface area contributed by atoms with Crippen LogP contribution in [0.4, 0.5) is 0 Å². The number of carbonyl (C=O) groups is 1. The first-order chi connectivity index (χ1) is 14.6. The van der Waals surface area contributed by atoms with Crippen molar-refractivity contribution < 1.29 is 9.53 Å². The zero-order valence-corrected chi connectivity index (χ0v) is 16.9. The fourth-order valence-corrected chi connectivity index (χ4v) is 4.32.